The molecule has 0 aliphatic heterocycles. The molecule has 0 atom stereocenters. The third-order valence-corrected chi connectivity index (χ3v) is 1.99. The number of benzene rings is 1. The number of carbonyl (C=O) groups is 1. The maximum Gasteiger partial charge on any atom is 0.251 e. The van der Waals surface area contributed by atoms with Gasteiger partial charge in [-0.3, -0.25) is 9.18 Å². The Balaban J connectivity index is 2.56. The Bertz CT molecular complexity index is 312. The molecule has 1 aromatic carbocycles. The minimum Gasteiger partial charge on any atom is -0.352 e. The smallest absolute Gasteiger partial charge is 0.251 e. The lowest BCUT2D eigenvalue weighted by molar-refractivity contribution is 0.0952. The number of amides is 1. The highest BCUT2D eigenvalue weighted by molar-refractivity contribution is 5.95. The Hall–Kier alpha value is -1.38. The van der Waals surface area contributed by atoms with Gasteiger partial charge in [-0.25, -0.2) is 0 Å². The van der Waals surface area contributed by atoms with E-state index >= 15 is 0 Å². The van der Waals surface area contributed by atoms with E-state index in [2.05, 4.69) is 5.32 Å². The molecule has 1 amide bonds. The molecule has 14 heavy (non-hydrogen) atoms. The number of aryl methyl sites for hydroxylation is 1. The van der Waals surface area contributed by atoms with Crippen LogP contribution < -0.4 is 5.32 Å². The molecule has 76 valence electrons. The van der Waals surface area contributed by atoms with Crippen LogP contribution >= 0.6 is 0 Å². The number of rotatable bonds is 4. The summed E-state index contributed by atoms with van der Waals surface area (Å²) in [6.07, 6.45) is 0.373. The molecule has 0 fully saturated rings. The van der Waals surface area contributed by atoms with Crippen molar-refractivity contribution in [2.75, 3.05) is 13.2 Å². The van der Waals surface area contributed by atoms with Gasteiger partial charge < -0.3 is 5.32 Å². The molecule has 0 aliphatic carbocycles. The lowest BCUT2D eigenvalue weighted by atomic mass is 10.1. The number of hydrogen-bond acceptors (Lipinski definition) is 1. The van der Waals surface area contributed by atoms with Gasteiger partial charge in [-0.05, 0) is 25.0 Å². The molecular weight excluding hydrogens is 181 g/mol. The quantitative estimate of drug-likeness (QED) is 0.732. The van der Waals surface area contributed by atoms with Gasteiger partial charge in [0, 0.05) is 12.1 Å². The van der Waals surface area contributed by atoms with Crippen LogP contribution in [0.3, 0.4) is 0 Å². The molecule has 0 unspecified atom stereocenters. The van der Waals surface area contributed by atoms with E-state index < -0.39 is 6.67 Å². The molecule has 0 saturated carbocycles. The van der Waals surface area contributed by atoms with Gasteiger partial charge in [0.05, 0.1) is 6.67 Å². The monoisotopic (exact) mass is 195 g/mol. The summed E-state index contributed by atoms with van der Waals surface area (Å²) in [4.78, 5) is 11.5. The summed E-state index contributed by atoms with van der Waals surface area (Å²) in [5, 5.41) is 2.66. The predicted molar refractivity (Wildman–Crippen MR) is 54.1 cm³/mol. The molecule has 0 aromatic heterocycles. The Morgan fingerprint density at radius 1 is 1.43 bits per heavy atom. The zero-order valence-electron chi connectivity index (χ0n) is 8.22. The van der Waals surface area contributed by atoms with E-state index in [1.807, 2.05) is 25.1 Å². The molecule has 0 heterocycles. The van der Waals surface area contributed by atoms with Gasteiger partial charge in [0.2, 0.25) is 0 Å². The first kappa shape index (κ1) is 10.7. The first-order chi connectivity index (χ1) is 6.75. The van der Waals surface area contributed by atoms with Crippen LogP contribution in [0.15, 0.2) is 24.3 Å². The lowest BCUT2D eigenvalue weighted by Gasteiger charge is -2.05. The highest BCUT2D eigenvalue weighted by Crippen LogP contribution is 2.06. The summed E-state index contributed by atoms with van der Waals surface area (Å²) in [6, 6.07) is 7.34. The summed E-state index contributed by atoms with van der Waals surface area (Å²) in [5.41, 5.74) is 1.59. The zero-order chi connectivity index (χ0) is 10.4. The second kappa shape index (κ2) is 5.37. The molecule has 1 aromatic rings. The van der Waals surface area contributed by atoms with Gasteiger partial charge in [-0.1, -0.05) is 18.2 Å². The number of hydrogen-bond donors (Lipinski definition) is 1. The van der Waals surface area contributed by atoms with Crippen molar-refractivity contribution in [1.82, 2.24) is 5.32 Å². The number of carbonyl (C=O) groups excluding carboxylic acids is 1. The Morgan fingerprint density at radius 3 is 2.79 bits per heavy atom. The number of nitrogens with one attached hydrogen (secondary N) is 1. The Kier molecular flexibility index (Phi) is 4.11. The van der Waals surface area contributed by atoms with Crippen molar-refractivity contribution >= 4 is 5.91 Å². The summed E-state index contributed by atoms with van der Waals surface area (Å²) >= 11 is 0. The minimum atomic E-state index is -0.395. The van der Waals surface area contributed by atoms with Gasteiger partial charge in [-0.15, -0.1) is 0 Å². The van der Waals surface area contributed by atoms with E-state index in [9.17, 15) is 9.18 Å². The van der Waals surface area contributed by atoms with E-state index in [4.69, 9.17) is 0 Å². The van der Waals surface area contributed by atoms with Crippen molar-refractivity contribution < 1.29 is 9.18 Å². The fraction of sp³-hybridized carbons (Fsp3) is 0.364. The van der Waals surface area contributed by atoms with Gasteiger partial charge in [-0.2, -0.15) is 0 Å². The van der Waals surface area contributed by atoms with Gasteiger partial charge in [0.1, 0.15) is 0 Å². The Labute approximate surface area is 83.1 Å². The van der Waals surface area contributed by atoms with Crippen molar-refractivity contribution in [2.24, 2.45) is 0 Å². The lowest BCUT2D eigenvalue weighted by Crippen LogP contribution is -2.25. The van der Waals surface area contributed by atoms with Crippen LogP contribution in [0, 0.1) is 6.92 Å². The van der Waals surface area contributed by atoms with Crippen LogP contribution in [0.2, 0.25) is 0 Å². The maximum atomic E-state index is 11.8. The fourth-order valence-electron chi connectivity index (χ4n) is 1.19. The Morgan fingerprint density at radius 2 is 2.14 bits per heavy atom. The summed E-state index contributed by atoms with van der Waals surface area (Å²) < 4.78 is 11.8. The van der Waals surface area contributed by atoms with Crippen LogP contribution in [-0.2, 0) is 0 Å². The SMILES string of the molecule is Cc1ccccc1C(=O)NCCCF. The average molecular weight is 195 g/mol. The molecule has 1 N–H and O–H groups in total. The van der Waals surface area contributed by atoms with Crippen molar-refractivity contribution in [3.63, 3.8) is 0 Å². The van der Waals surface area contributed by atoms with Crippen LogP contribution in [0.5, 0.6) is 0 Å². The highest BCUT2D eigenvalue weighted by Gasteiger charge is 2.06. The molecule has 0 bridgehead atoms. The molecule has 0 saturated heterocycles. The second-order valence-electron chi connectivity index (χ2n) is 3.11. The summed E-state index contributed by atoms with van der Waals surface area (Å²) in [5.74, 6) is -0.128. The zero-order valence-corrected chi connectivity index (χ0v) is 8.22. The molecule has 2 nitrogen and oxygen atoms in total. The average Bonchev–Trinajstić information content (AvgIpc) is 2.18. The molecule has 0 aliphatic rings. The molecule has 3 heteroatoms. The van der Waals surface area contributed by atoms with Gasteiger partial charge in [0.25, 0.3) is 5.91 Å². The van der Waals surface area contributed by atoms with Crippen molar-refractivity contribution in [2.45, 2.75) is 13.3 Å². The van der Waals surface area contributed by atoms with Crippen LogP contribution in [0.25, 0.3) is 0 Å². The molecule has 1 rings (SSSR count). The third-order valence-electron chi connectivity index (χ3n) is 1.99. The van der Waals surface area contributed by atoms with Gasteiger partial charge in [0.15, 0.2) is 0 Å². The standard InChI is InChI=1S/C11H14FNO/c1-9-5-2-3-6-10(9)11(14)13-8-4-7-12/h2-3,5-6H,4,7-8H2,1H3,(H,13,14). The largest absolute Gasteiger partial charge is 0.352 e. The van der Waals surface area contributed by atoms with E-state index in [1.165, 1.54) is 0 Å². The van der Waals surface area contributed by atoms with Crippen LogP contribution in [0.4, 0.5) is 4.39 Å². The summed E-state index contributed by atoms with van der Waals surface area (Å²) in [6.45, 7) is 1.88. The summed E-state index contributed by atoms with van der Waals surface area (Å²) in [7, 11) is 0. The van der Waals surface area contributed by atoms with E-state index in [0.29, 0.717) is 18.5 Å². The van der Waals surface area contributed by atoms with E-state index in [1.54, 1.807) is 6.07 Å². The van der Waals surface area contributed by atoms with Crippen LogP contribution in [0.1, 0.15) is 22.3 Å². The molecule has 0 spiro atoms. The predicted octanol–water partition coefficient (Wildman–Crippen LogP) is 2.08. The first-order valence-corrected chi connectivity index (χ1v) is 4.65. The van der Waals surface area contributed by atoms with Gasteiger partial charge >= 0.3 is 0 Å². The topological polar surface area (TPSA) is 29.1 Å². The normalized spacial score (nSPS) is 9.86. The van der Waals surface area contributed by atoms with E-state index in [0.717, 1.165) is 5.56 Å². The first-order valence-electron chi connectivity index (χ1n) is 4.65. The molecular formula is C11H14FNO. The van der Waals surface area contributed by atoms with E-state index in [-0.39, 0.29) is 5.91 Å². The number of alkyl halides is 1. The second-order valence-corrected chi connectivity index (χ2v) is 3.11. The van der Waals surface area contributed by atoms with Crippen molar-refractivity contribution in [1.29, 1.82) is 0 Å². The minimum absolute atomic E-state index is 0.128. The van der Waals surface area contributed by atoms with Crippen molar-refractivity contribution in [3.8, 4) is 0 Å². The molecule has 0 radical (unpaired) electrons. The third kappa shape index (κ3) is 2.83. The maximum absolute atomic E-state index is 11.8. The van der Waals surface area contributed by atoms with Crippen LogP contribution in [-0.4, -0.2) is 19.1 Å². The van der Waals surface area contributed by atoms with Crippen molar-refractivity contribution in [3.05, 3.63) is 35.4 Å². The fourth-order valence-corrected chi connectivity index (χ4v) is 1.19. The highest BCUT2D eigenvalue weighted by atomic mass is 19.1. The number of halogens is 1.